The first kappa shape index (κ1) is 17.5. The van der Waals surface area contributed by atoms with Gasteiger partial charge in [-0.15, -0.1) is 0 Å². The molecule has 5 heteroatoms. The fraction of sp³-hybridized carbons (Fsp3) is 0.600. The summed E-state index contributed by atoms with van der Waals surface area (Å²) >= 11 is 3.28. The molecule has 0 aliphatic heterocycles. The normalized spacial score (nSPS) is 13.5. The van der Waals surface area contributed by atoms with E-state index in [1.807, 2.05) is 0 Å². The maximum absolute atomic E-state index is 12.7. The van der Waals surface area contributed by atoms with Crippen LogP contribution in [-0.2, 0) is 6.18 Å². The lowest BCUT2D eigenvalue weighted by atomic mass is 9.99. The second-order valence-electron chi connectivity index (χ2n) is 5.04. The molecule has 114 valence electrons. The van der Waals surface area contributed by atoms with E-state index in [0.29, 0.717) is 16.5 Å². The Morgan fingerprint density at radius 3 is 2.40 bits per heavy atom. The van der Waals surface area contributed by atoms with Crippen molar-refractivity contribution in [1.29, 1.82) is 0 Å². The lowest BCUT2D eigenvalue weighted by Crippen LogP contribution is -2.13. The molecular formula is C15H21BrF3N. The van der Waals surface area contributed by atoms with Crippen LogP contribution in [-0.4, -0.2) is 0 Å². The third-order valence-electron chi connectivity index (χ3n) is 3.34. The Labute approximate surface area is 126 Å². The summed E-state index contributed by atoms with van der Waals surface area (Å²) < 4.78 is 38.7. The maximum Gasteiger partial charge on any atom is 0.416 e. The molecule has 0 spiro atoms. The Morgan fingerprint density at radius 2 is 1.80 bits per heavy atom. The van der Waals surface area contributed by atoms with Gasteiger partial charge in [0.05, 0.1) is 5.56 Å². The summed E-state index contributed by atoms with van der Waals surface area (Å²) in [5.74, 6) is 0. The highest BCUT2D eigenvalue weighted by Crippen LogP contribution is 2.34. The van der Waals surface area contributed by atoms with Gasteiger partial charge in [0.25, 0.3) is 0 Å². The highest BCUT2D eigenvalue weighted by molar-refractivity contribution is 9.10. The van der Waals surface area contributed by atoms with Crippen LogP contribution in [0.25, 0.3) is 0 Å². The molecule has 1 unspecified atom stereocenters. The Balaban J connectivity index is 2.65. The first-order valence-corrected chi connectivity index (χ1v) is 7.77. The zero-order valence-corrected chi connectivity index (χ0v) is 13.2. The molecule has 1 nitrogen and oxygen atoms in total. The van der Waals surface area contributed by atoms with Crippen LogP contribution in [0.4, 0.5) is 13.2 Å². The van der Waals surface area contributed by atoms with Crippen LogP contribution >= 0.6 is 15.9 Å². The summed E-state index contributed by atoms with van der Waals surface area (Å²) in [6, 6.07) is 3.30. The number of halogens is 4. The van der Waals surface area contributed by atoms with Gasteiger partial charge in [-0.2, -0.15) is 13.2 Å². The fourth-order valence-corrected chi connectivity index (χ4v) is 2.67. The average molecular weight is 352 g/mol. The van der Waals surface area contributed by atoms with E-state index in [1.54, 1.807) is 0 Å². The number of rotatable bonds is 7. The van der Waals surface area contributed by atoms with Gasteiger partial charge in [-0.1, -0.05) is 55.0 Å². The Bertz CT molecular complexity index is 418. The number of alkyl halides is 3. The van der Waals surface area contributed by atoms with Crippen molar-refractivity contribution in [3.63, 3.8) is 0 Å². The number of nitrogens with two attached hydrogens (primary N) is 1. The molecule has 1 aromatic carbocycles. The van der Waals surface area contributed by atoms with Crippen molar-refractivity contribution in [1.82, 2.24) is 0 Å². The van der Waals surface area contributed by atoms with Gasteiger partial charge in [-0.05, 0) is 30.2 Å². The second kappa shape index (κ2) is 8.03. The van der Waals surface area contributed by atoms with E-state index < -0.39 is 11.7 Å². The molecule has 0 radical (unpaired) electrons. The molecule has 0 amide bonds. The summed E-state index contributed by atoms with van der Waals surface area (Å²) in [6.45, 7) is 2.14. The summed E-state index contributed by atoms with van der Waals surface area (Å²) in [5, 5.41) is 0. The van der Waals surface area contributed by atoms with Crippen molar-refractivity contribution in [2.45, 2.75) is 57.7 Å². The van der Waals surface area contributed by atoms with Crippen molar-refractivity contribution in [2.24, 2.45) is 5.73 Å². The van der Waals surface area contributed by atoms with Crippen molar-refractivity contribution < 1.29 is 13.2 Å². The van der Waals surface area contributed by atoms with Gasteiger partial charge in [0.15, 0.2) is 0 Å². The van der Waals surface area contributed by atoms with Gasteiger partial charge >= 0.3 is 6.18 Å². The predicted molar refractivity (Wildman–Crippen MR) is 79.4 cm³/mol. The molecule has 1 aromatic rings. The summed E-state index contributed by atoms with van der Waals surface area (Å²) in [5.41, 5.74) is 5.92. The minimum atomic E-state index is -4.32. The molecule has 0 saturated carbocycles. The molecule has 1 rings (SSSR count). The summed E-state index contributed by atoms with van der Waals surface area (Å²) in [6.07, 6.45) is 1.95. The van der Waals surface area contributed by atoms with Gasteiger partial charge in [-0.25, -0.2) is 0 Å². The van der Waals surface area contributed by atoms with Crippen molar-refractivity contribution in [3.05, 3.63) is 33.8 Å². The Morgan fingerprint density at radius 1 is 1.15 bits per heavy atom. The maximum atomic E-state index is 12.7. The van der Waals surface area contributed by atoms with E-state index >= 15 is 0 Å². The quantitative estimate of drug-likeness (QED) is 0.614. The van der Waals surface area contributed by atoms with Gasteiger partial charge in [0, 0.05) is 10.5 Å². The van der Waals surface area contributed by atoms with E-state index in [2.05, 4.69) is 22.9 Å². The average Bonchev–Trinajstić information content (AvgIpc) is 2.37. The standard InChI is InChI=1S/C15H21BrF3N/c1-2-3-4-5-6-7-14(20)12-10-11(15(17,18)19)8-9-13(12)16/h8-10,14H,2-7,20H2,1H3. The van der Waals surface area contributed by atoms with E-state index in [9.17, 15) is 13.2 Å². The van der Waals surface area contributed by atoms with Crippen LogP contribution in [0.1, 0.15) is 62.6 Å². The lowest BCUT2D eigenvalue weighted by molar-refractivity contribution is -0.137. The Hall–Kier alpha value is -0.550. The molecule has 0 aliphatic rings. The molecular weight excluding hydrogens is 331 g/mol. The molecule has 1 atom stereocenters. The molecule has 2 N–H and O–H groups in total. The van der Waals surface area contributed by atoms with E-state index in [1.165, 1.54) is 18.9 Å². The van der Waals surface area contributed by atoms with Gasteiger partial charge < -0.3 is 5.73 Å². The monoisotopic (exact) mass is 351 g/mol. The van der Waals surface area contributed by atoms with Gasteiger partial charge in [-0.3, -0.25) is 0 Å². The summed E-state index contributed by atoms with van der Waals surface area (Å²) in [7, 11) is 0. The smallest absolute Gasteiger partial charge is 0.324 e. The Kier molecular flexibility index (Phi) is 7.03. The van der Waals surface area contributed by atoms with E-state index in [4.69, 9.17) is 5.73 Å². The number of hydrogen-bond donors (Lipinski definition) is 1. The van der Waals surface area contributed by atoms with Crippen LogP contribution in [0.5, 0.6) is 0 Å². The van der Waals surface area contributed by atoms with Crippen LogP contribution in [0.2, 0.25) is 0 Å². The molecule has 0 bridgehead atoms. The topological polar surface area (TPSA) is 26.0 Å². The highest BCUT2D eigenvalue weighted by Gasteiger charge is 2.31. The molecule has 0 heterocycles. The molecule has 20 heavy (non-hydrogen) atoms. The number of unbranched alkanes of at least 4 members (excludes halogenated alkanes) is 4. The largest absolute Gasteiger partial charge is 0.416 e. The third kappa shape index (κ3) is 5.44. The molecule has 0 aliphatic carbocycles. The van der Waals surface area contributed by atoms with Crippen LogP contribution in [0, 0.1) is 0 Å². The lowest BCUT2D eigenvalue weighted by Gasteiger charge is -2.16. The number of benzene rings is 1. The molecule has 0 aromatic heterocycles. The first-order valence-electron chi connectivity index (χ1n) is 6.98. The van der Waals surface area contributed by atoms with Crippen LogP contribution in [0.3, 0.4) is 0 Å². The van der Waals surface area contributed by atoms with Crippen molar-refractivity contribution in [3.8, 4) is 0 Å². The first-order chi connectivity index (χ1) is 9.36. The summed E-state index contributed by atoms with van der Waals surface area (Å²) in [4.78, 5) is 0. The van der Waals surface area contributed by atoms with Crippen molar-refractivity contribution >= 4 is 15.9 Å². The van der Waals surface area contributed by atoms with E-state index in [0.717, 1.165) is 31.4 Å². The molecule has 0 saturated heterocycles. The zero-order chi connectivity index (χ0) is 15.2. The van der Waals surface area contributed by atoms with Gasteiger partial charge in [0.2, 0.25) is 0 Å². The predicted octanol–water partition coefficient (Wildman–Crippen LogP) is 5.83. The SMILES string of the molecule is CCCCCCCC(N)c1cc(C(F)(F)F)ccc1Br. The minimum absolute atomic E-state index is 0.353. The fourth-order valence-electron chi connectivity index (χ4n) is 2.13. The van der Waals surface area contributed by atoms with Gasteiger partial charge in [0.1, 0.15) is 0 Å². The number of hydrogen-bond acceptors (Lipinski definition) is 1. The second-order valence-corrected chi connectivity index (χ2v) is 5.90. The zero-order valence-electron chi connectivity index (χ0n) is 11.6. The van der Waals surface area contributed by atoms with Crippen LogP contribution in [0.15, 0.2) is 22.7 Å². The van der Waals surface area contributed by atoms with Crippen LogP contribution < -0.4 is 5.73 Å². The van der Waals surface area contributed by atoms with E-state index in [-0.39, 0.29) is 6.04 Å². The highest BCUT2D eigenvalue weighted by atomic mass is 79.9. The third-order valence-corrected chi connectivity index (χ3v) is 4.06. The minimum Gasteiger partial charge on any atom is -0.324 e. The molecule has 0 fully saturated rings. The van der Waals surface area contributed by atoms with Crippen molar-refractivity contribution in [2.75, 3.05) is 0 Å².